The number of rotatable bonds is 6. The number of nitrogens with one attached hydrogen (secondary N) is 1. The van der Waals surface area contributed by atoms with E-state index in [4.69, 9.17) is 5.73 Å². The quantitative estimate of drug-likeness (QED) is 0.349. The minimum atomic E-state index is -4.02. The van der Waals surface area contributed by atoms with Gasteiger partial charge in [-0.25, -0.2) is 35.7 Å². The van der Waals surface area contributed by atoms with Crippen LogP contribution in [0, 0.1) is 0 Å². The van der Waals surface area contributed by atoms with E-state index < -0.39 is 45.4 Å². The Bertz CT molecular complexity index is 1630. The van der Waals surface area contributed by atoms with Crippen molar-refractivity contribution < 1.29 is 26.0 Å². The van der Waals surface area contributed by atoms with E-state index in [1.807, 2.05) is 0 Å². The first-order valence-corrected chi connectivity index (χ1v) is 13.7. The molecule has 10 nitrogen and oxygen atoms in total. The number of fused-ring (bicyclic) bond motifs is 3. The molecule has 6 rings (SSSR count). The number of benzene rings is 1. The summed E-state index contributed by atoms with van der Waals surface area (Å²) in [7, 11) is -4.02. The molecule has 37 heavy (non-hydrogen) atoms. The molecule has 16 heteroatoms. The molecule has 0 spiro atoms. The summed E-state index contributed by atoms with van der Waals surface area (Å²) in [6, 6.07) is 1.38. The molecule has 0 bridgehead atoms. The Labute approximate surface area is 212 Å². The zero-order valence-corrected chi connectivity index (χ0v) is 21.0. The van der Waals surface area contributed by atoms with Crippen molar-refractivity contribution in [2.75, 3.05) is 18.0 Å². The fourth-order valence-electron chi connectivity index (χ4n) is 4.55. The van der Waals surface area contributed by atoms with Gasteiger partial charge in [0, 0.05) is 37.4 Å². The number of aromatic nitrogens is 5. The summed E-state index contributed by atoms with van der Waals surface area (Å²) in [6.07, 6.45) is 1.12. The van der Waals surface area contributed by atoms with Gasteiger partial charge in [-0.1, -0.05) is 11.3 Å². The Morgan fingerprint density at radius 1 is 1.22 bits per heavy atom. The van der Waals surface area contributed by atoms with Crippen LogP contribution in [0.25, 0.3) is 21.9 Å². The first-order valence-electron chi connectivity index (χ1n) is 11.4. The summed E-state index contributed by atoms with van der Waals surface area (Å²) in [4.78, 5) is 5.84. The number of anilines is 1. The molecule has 1 atom stereocenters. The highest BCUT2D eigenvalue weighted by Crippen LogP contribution is 2.40. The second-order valence-electron chi connectivity index (χ2n) is 9.70. The molecule has 1 saturated carbocycles. The molecule has 3 N–H and O–H groups in total. The number of piperidine rings is 1. The number of imidazole rings is 2. The van der Waals surface area contributed by atoms with Crippen LogP contribution >= 0.6 is 11.3 Å². The lowest BCUT2D eigenvalue weighted by atomic mass is 10.0. The van der Waals surface area contributed by atoms with Gasteiger partial charge in [0.2, 0.25) is 20.9 Å². The van der Waals surface area contributed by atoms with Gasteiger partial charge in [-0.2, -0.15) is 0 Å². The van der Waals surface area contributed by atoms with E-state index in [0.29, 0.717) is 40.9 Å². The summed E-state index contributed by atoms with van der Waals surface area (Å²) in [5.41, 5.74) is 6.32. The summed E-state index contributed by atoms with van der Waals surface area (Å²) in [5.74, 6) is -2.79. The lowest BCUT2D eigenvalue weighted by Gasteiger charge is -2.38. The predicted octanol–water partition coefficient (Wildman–Crippen LogP) is 3.07. The molecular weight excluding hydrogens is 536 g/mol. The third-order valence-corrected chi connectivity index (χ3v) is 9.39. The molecule has 198 valence electrons. The number of hydrogen-bond donors (Lipinski definition) is 2. The average Bonchev–Trinajstić information content (AvgIpc) is 3.21. The second kappa shape index (κ2) is 8.09. The molecule has 1 saturated heterocycles. The number of nitrogens with zero attached hydrogens (tertiary/aromatic N) is 6. The number of hydrogen-bond acceptors (Lipinski definition) is 8. The highest BCUT2D eigenvalue weighted by Gasteiger charge is 2.44. The lowest BCUT2D eigenvalue weighted by molar-refractivity contribution is -0.0392. The average molecular weight is 559 g/mol. The fraction of sp³-hybridized carbons (Fsp3) is 0.476. The zero-order valence-electron chi connectivity index (χ0n) is 19.4. The van der Waals surface area contributed by atoms with Crippen molar-refractivity contribution in [3.05, 3.63) is 29.5 Å². The molecule has 4 aromatic rings. The van der Waals surface area contributed by atoms with E-state index in [1.165, 1.54) is 22.9 Å². The van der Waals surface area contributed by atoms with Gasteiger partial charge in [0.15, 0.2) is 5.01 Å². The van der Waals surface area contributed by atoms with Crippen molar-refractivity contribution in [1.82, 2.24) is 28.9 Å². The number of halogens is 4. The Kier molecular flexibility index (Phi) is 5.36. The third-order valence-electron chi connectivity index (χ3n) is 6.86. The highest BCUT2D eigenvalue weighted by atomic mass is 32.2. The van der Waals surface area contributed by atoms with E-state index in [9.17, 15) is 26.0 Å². The maximum Gasteiger partial charge on any atom is 0.291 e. The first-order chi connectivity index (χ1) is 17.4. The minimum absolute atomic E-state index is 0.0611. The van der Waals surface area contributed by atoms with Crippen molar-refractivity contribution in [3.63, 3.8) is 0 Å². The van der Waals surface area contributed by atoms with Gasteiger partial charge >= 0.3 is 0 Å². The molecule has 1 unspecified atom stereocenters. The number of sulfonamides is 1. The van der Waals surface area contributed by atoms with Gasteiger partial charge in [-0.3, -0.25) is 8.97 Å². The number of nitrogens with two attached hydrogens (primary N) is 1. The van der Waals surface area contributed by atoms with Crippen LogP contribution in [0.5, 0.6) is 0 Å². The van der Waals surface area contributed by atoms with Crippen LogP contribution in [-0.4, -0.2) is 63.2 Å². The van der Waals surface area contributed by atoms with Gasteiger partial charge in [0.25, 0.3) is 12.3 Å². The standard InChI is InChI=1S/C21H22F4N8O2S2/c1-20(2-3-20)30-37(34,35)11-8-12(31-6-4-21(24,25)14(26)10-31)15-13(9-11)33(18-27-5-7-32(15)18)19-29-28-17(36-19)16(22)23/h5,7-9,14,16,30H,2-4,6,10,26H2,1H3. The zero-order chi connectivity index (χ0) is 26.3. The highest BCUT2D eigenvalue weighted by molar-refractivity contribution is 7.89. The largest absolute Gasteiger partial charge is 0.368 e. The fourth-order valence-corrected chi connectivity index (χ4v) is 6.77. The van der Waals surface area contributed by atoms with Crippen molar-refractivity contribution in [3.8, 4) is 5.13 Å². The van der Waals surface area contributed by atoms with Crippen molar-refractivity contribution in [1.29, 1.82) is 0 Å². The smallest absolute Gasteiger partial charge is 0.291 e. The van der Waals surface area contributed by atoms with Crippen LogP contribution in [0.15, 0.2) is 29.4 Å². The van der Waals surface area contributed by atoms with E-state index in [-0.39, 0.29) is 28.9 Å². The van der Waals surface area contributed by atoms with Gasteiger partial charge in [-0.05, 0) is 31.9 Å². The summed E-state index contributed by atoms with van der Waals surface area (Å²) in [6.45, 7) is 1.51. The van der Waals surface area contributed by atoms with Crippen LogP contribution in [0.3, 0.4) is 0 Å². The van der Waals surface area contributed by atoms with Crippen molar-refractivity contribution in [2.45, 2.75) is 55.0 Å². The summed E-state index contributed by atoms with van der Waals surface area (Å²) < 4.78 is 87.6. The summed E-state index contributed by atoms with van der Waals surface area (Å²) >= 11 is 0.646. The van der Waals surface area contributed by atoms with Crippen LogP contribution in [-0.2, 0) is 10.0 Å². The molecule has 4 heterocycles. The maximum absolute atomic E-state index is 14.2. The lowest BCUT2D eigenvalue weighted by Crippen LogP contribution is -2.55. The monoisotopic (exact) mass is 558 g/mol. The maximum atomic E-state index is 14.2. The first kappa shape index (κ1) is 24.5. The van der Waals surface area contributed by atoms with Crippen LogP contribution in [0.1, 0.15) is 37.6 Å². The van der Waals surface area contributed by atoms with Gasteiger partial charge in [0.1, 0.15) is 0 Å². The molecule has 1 aliphatic carbocycles. The predicted molar refractivity (Wildman–Crippen MR) is 128 cm³/mol. The molecule has 1 aromatic carbocycles. The van der Waals surface area contributed by atoms with Gasteiger partial charge in [0.05, 0.1) is 27.7 Å². The minimum Gasteiger partial charge on any atom is -0.368 e. The second-order valence-corrected chi connectivity index (χ2v) is 12.4. The Balaban J connectivity index is 1.61. The molecule has 0 radical (unpaired) electrons. The van der Waals surface area contributed by atoms with E-state index in [2.05, 4.69) is 19.9 Å². The Morgan fingerprint density at radius 3 is 2.62 bits per heavy atom. The van der Waals surface area contributed by atoms with Crippen LogP contribution in [0.2, 0.25) is 0 Å². The van der Waals surface area contributed by atoms with Gasteiger partial charge < -0.3 is 10.6 Å². The molecular formula is C21H22F4N8O2S2. The van der Waals surface area contributed by atoms with Crippen LogP contribution in [0.4, 0.5) is 23.2 Å². The Morgan fingerprint density at radius 2 is 1.97 bits per heavy atom. The molecule has 0 amide bonds. The molecule has 2 aliphatic rings. The van der Waals surface area contributed by atoms with E-state index in [0.717, 1.165) is 0 Å². The summed E-state index contributed by atoms with van der Waals surface area (Å²) in [5, 5.41) is 7.01. The molecule has 2 fully saturated rings. The normalized spacial score (nSPS) is 21.4. The molecule has 1 aliphatic heterocycles. The number of alkyl halides is 4. The van der Waals surface area contributed by atoms with Crippen molar-refractivity contribution in [2.24, 2.45) is 5.73 Å². The van der Waals surface area contributed by atoms with E-state index >= 15 is 0 Å². The van der Waals surface area contributed by atoms with E-state index in [1.54, 1.807) is 22.4 Å². The SMILES string of the molecule is CC1(NS(=O)(=O)c2cc(N3CCC(F)(F)C(N)C3)c3c(c2)n(-c2nnc(C(F)F)s2)c2nccn32)CC1. The van der Waals surface area contributed by atoms with Crippen molar-refractivity contribution >= 4 is 43.9 Å². The Hall–Kier alpha value is -2.82. The van der Waals surface area contributed by atoms with Gasteiger partial charge in [-0.15, -0.1) is 10.2 Å². The molecule has 3 aromatic heterocycles. The van der Waals surface area contributed by atoms with Crippen LogP contribution < -0.4 is 15.4 Å². The third kappa shape index (κ3) is 4.06. The topological polar surface area (TPSA) is 123 Å².